The molecule has 1 aromatic carbocycles. The Hall–Kier alpha value is -2.60. The number of carbonyl (C=O) groups is 1. The van der Waals surface area contributed by atoms with Crippen molar-refractivity contribution in [1.29, 1.82) is 0 Å². The number of hydrogen-bond donors (Lipinski definition) is 0. The molecule has 2 fully saturated rings. The summed E-state index contributed by atoms with van der Waals surface area (Å²) >= 11 is 0. The van der Waals surface area contributed by atoms with Crippen LogP contribution in [0.5, 0.6) is 11.5 Å². The van der Waals surface area contributed by atoms with Crippen molar-refractivity contribution in [3.8, 4) is 11.5 Å². The van der Waals surface area contributed by atoms with Crippen LogP contribution in [-0.4, -0.2) is 61.1 Å². The van der Waals surface area contributed by atoms with Crippen molar-refractivity contribution >= 4 is 5.91 Å². The Bertz CT molecular complexity index is 873. The van der Waals surface area contributed by atoms with Gasteiger partial charge in [0.2, 0.25) is 5.91 Å². The van der Waals surface area contributed by atoms with E-state index in [1.807, 2.05) is 24.3 Å². The Morgan fingerprint density at radius 3 is 2.77 bits per heavy atom. The van der Waals surface area contributed by atoms with Gasteiger partial charge in [0.1, 0.15) is 0 Å². The van der Waals surface area contributed by atoms with Gasteiger partial charge in [-0.25, -0.2) is 0 Å². The number of aromatic nitrogens is 1. The molecule has 6 heteroatoms. The lowest BCUT2D eigenvalue weighted by atomic mass is 9.79. The first-order valence-corrected chi connectivity index (χ1v) is 10.7. The third-order valence-electron chi connectivity index (χ3n) is 6.49. The highest BCUT2D eigenvalue weighted by Gasteiger charge is 2.42. The molecule has 2 aliphatic rings. The van der Waals surface area contributed by atoms with Crippen molar-refractivity contribution in [2.75, 3.05) is 40.4 Å². The molecule has 1 amide bonds. The number of pyridine rings is 1. The fourth-order valence-electron chi connectivity index (χ4n) is 5.03. The van der Waals surface area contributed by atoms with Crippen LogP contribution in [0.4, 0.5) is 0 Å². The topological polar surface area (TPSA) is 54.9 Å². The minimum atomic E-state index is 0.203. The summed E-state index contributed by atoms with van der Waals surface area (Å²) in [7, 11) is 3.37. The molecule has 1 aromatic heterocycles. The quantitative estimate of drug-likeness (QED) is 0.734. The molecule has 0 bridgehead atoms. The number of benzene rings is 1. The van der Waals surface area contributed by atoms with Crippen LogP contribution in [0, 0.1) is 5.41 Å². The highest BCUT2D eigenvalue weighted by molar-refractivity contribution is 5.79. The molecule has 4 rings (SSSR count). The number of ether oxygens (including phenoxy) is 2. The van der Waals surface area contributed by atoms with Gasteiger partial charge in [0, 0.05) is 49.6 Å². The van der Waals surface area contributed by atoms with Gasteiger partial charge in [0.25, 0.3) is 0 Å². The smallest absolute Gasteiger partial charge is 0.227 e. The molecule has 0 saturated carbocycles. The molecule has 0 N–H and O–H groups in total. The van der Waals surface area contributed by atoms with Gasteiger partial charge < -0.3 is 14.4 Å². The summed E-state index contributed by atoms with van der Waals surface area (Å²) in [6, 6.07) is 9.93. The van der Waals surface area contributed by atoms with Crippen molar-refractivity contribution in [1.82, 2.24) is 14.8 Å². The highest BCUT2D eigenvalue weighted by Crippen LogP contribution is 2.40. The summed E-state index contributed by atoms with van der Waals surface area (Å²) in [6.45, 7) is 4.65. The number of methoxy groups -OCH3 is 2. The van der Waals surface area contributed by atoms with Crippen LogP contribution < -0.4 is 9.47 Å². The lowest BCUT2D eigenvalue weighted by Gasteiger charge is -2.40. The second-order valence-electron chi connectivity index (χ2n) is 8.57. The van der Waals surface area contributed by atoms with E-state index in [9.17, 15) is 4.79 Å². The zero-order valence-electron chi connectivity index (χ0n) is 18.0. The molecule has 2 aliphatic heterocycles. The Morgan fingerprint density at radius 1 is 1.10 bits per heavy atom. The van der Waals surface area contributed by atoms with E-state index in [-0.39, 0.29) is 11.3 Å². The normalized spacial score (nSPS) is 21.7. The lowest BCUT2D eigenvalue weighted by molar-refractivity contribution is -0.130. The van der Waals surface area contributed by atoms with Gasteiger partial charge in [-0.05, 0) is 43.5 Å². The fraction of sp³-hybridized carbons (Fsp3) is 0.500. The zero-order valence-corrected chi connectivity index (χ0v) is 18.0. The number of para-hydroxylation sites is 1. The van der Waals surface area contributed by atoms with Gasteiger partial charge in [0.15, 0.2) is 11.5 Å². The Balaban J connectivity index is 1.40. The van der Waals surface area contributed by atoms with Gasteiger partial charge in [-0.15, -0.1) is 0 Å². The number of piperidine rings is 1. The number of hydrogen-bond acceptors (Lipinski definition) is 5. The number of rotatable bonds is 6. The molecule has 3 heterocycles. The lowest BCUT2D eigenvalue weighted by Crippen LogP contribution is -2.45. The van der Waals surface area contributed by atoms with E-state index in [1.54, 1.807) is 26.6 Å². The average Bonchev–Trinajstić information content (AvgIpc) is 3.17. The summed E-state index contributed by atoms with van der Waals surface area (Å²) < 4.78 is 11.1. The maximum atomic E-state index is 12.8. The van der Waals surface area contributed by atoms with Gasteiger partial charge >= 0.3 is 0 Å². The van der Waals surface area contributed by atoms with E-state index in [0.717, 1.165) is 68.2 Å². The first kappa shape index (κ1) is 20.7. The van der Waals surface area contributed by atoms with Crippen LogP contribution >= 0.6 is 0 Å². The number of amides is 1. The summed E-state index contributed by atoms with van der Waals surface area (Å²) in [5.41, 5.74) is 2.34. The van der Waals surface area contributed by atoms with E-state index in [4.69, 9.17) is 9.47 Å². The third kappa shape index (κ3) is 4.43. The van der Waals surface area contributed by atoms with Crippen molar-refractivity contribution < 1.29 is 14.3 Å². The minimum absolute atomic E-state index is 0.203. The zero-order chi connectivity index (χ0) is 21.0. The molecule has 0 radical (unpaired) electrons. The molecule has 6 nitrogen and oxygen atoms in total. The van der Waals surface area contributed by atoms with Gasteiger partial charge in [-0.2, -0.15) is 0 Å². The van der Waals surface area contributed by atoms with Crippen LogP contribution in [0.2, 0.25) is 0 Å². The summed E-state index contributed by atoms with van der Waals surface area (Å²) in [6.07, 6.45) is 7.40. The maximum Gasteiger partial charge on any atom is 0.227 e. The molecule has 160 valence electrons. The first-order valence-electron chi connectivity index (χ1n) is 10.7. The van der Waals surface area contributed by atoms with Crippen molar-refractivity contribution in [2.24, 2.45) is 5.41 Å². The molecular weight excluding hydrogens is 378 g/mol. The van der Waals surface area contributed by atoms with E-state index in [2.05, 4.69) is 20.9 Å². The van der Waals surface area contributed by atoms with E-state index in [1.165, 1.54) is 6.42 Å². The van der Waals surface area contributed by atoms with E-state index in [0.29, 0.717) is 6.42 Å². The van der Waals surface area contributed by atoms with Gasteiger partial charge in [-0.1, -0.05) is 18.2 Å². The summed E-state index contributed by atoms with van der Waals surface area (Å²) in [5, 5.41) is 0. The summed E-state index contributed by atoms with van der Waals surface area (Å²) in [5.74, 6) is 1.81. The molecule has 0 unspecified atom stereocenters. The highest BCUT2D eigenvalue weighted by atomic mass is 16.5. The van der Waals surface area contributed by atoms with Crippen LogP contribution in [0.25, 0.3) is 0 Å². The van der Waals surface area contributed by atoms with E-state index < -0.39 is 0 Å². The van der Waals surface area contributed by atoms with Gasteiger partial charge in [-0.3, -0.25) is 14.7 Å². The minimum Gasteiger partial charge on any atom is -0.493 e. The number of likely N-dealkylation sites (tertiary alicyclic amines) is 2. The Labute approximate surface area is 178 Å². The van der Waals surface area contributed by atoms with Crippen LogP contribution in [0.3, 0.4) is 0 Å². The van der Waals surface area contributed by atoms with Crippen LogP contribution in [0.1, 0.15) is 30.4 Å². The number of carbonyl (C=O) groups excluding carboxylic acids is 1. The summed E-state index contributed by atoms with van der Waals surface area (Å²) in [4.78, 5) is 21.5. The van der Waals surface area contributed by atoms with Crippen molar-refractivity contribution in [3.05, 3.63) is 53.9 Å². The molecule has 2 aromatic rings. The fourth-order valence-corrected chi connectivity index (χ4v) is 5.03. The average molecular weight is 410 g/mol. The monoisotopic (exact) mass is 409 g/mol. The maximum absolute atomic E-state index is 12.8. The standard InChI is InChI=1S/C24H31N3O3/c1-29-21-8-3-7-20(23(21)30-2)16-26-12-5-9-24(17-26)10-13-27(18-24)22(28)14-19-6-4-11-25-15-19/h3-4,6-8,11,15H,5,9-10,12-14,16-18H2,1-2H3/t24-/m0/s1. The van der Waals surface area contributed by atoms with Crippen LogP contribution in [-0.2, 0) is 17.8 Å². The first-order chi connectivity index (χ1) is 14.6. The second kappa shape index (κ2) is 9.04. The molecule has 2 saturated heterocycles. The predicted molar refractivity (Wildman–Crippen MR) is 116 cm³/mol. The van der Waals surface area contributed by atoms with Gasteiger partial charge in [0.05, 0.1) is 20.6 Å². The van der Waals surface area contributed by atoms with Crippen LogP contribution in [0.15, 0.2) is 42.7 Å². The Kier molecular flexibility index (Phi) is 6.23. The second-order valence-corrected chi connectivity index (χ2v) is 8.57. The largest absolute Gasteiger partial charge is 0.493 e. The molecule has 0 aliphatic carbocycles. The molecule has 1 spiro atoms. The van der Waals surface area contributed by atoms with Crippen molar-refractivity contribution in [3.63, 3.8) is 0 Å². The molecular formula is C24H31N3O3. The molecule has 1 atom stereocenters. The number of nitrogens with zero attached hydrogens (tertiary/aromatic N) is 3. The van der Waals surface area contributed by atoms with E-state index >= 15 is 0 Å². The Morgan fingerprint density at radius 2 is 2.00 bits per heavy atom. The van der Waals surface area contributed by atoms with Crippen molar-refractivity contribution in [2.45, 2.75) is 32.2 Å². The predicted octanol–water partition coefficient (Wildman–Crippen LogP) is 3.16. The molecule has 30 heavy (non-hydrogen) atoms. The SMILES string of the molecule is COc1cccc(CN2CCC[C@]3(CCN(C(=O)Cc4cccnc4)C3)C2)c1OC. The third-order valence-corrected chi connectivity index (χ3v) is 6.49.